The molecule has 0 saturated heterocycles. The Balaban J connectivity index is 1.78. The number of ketones is 2. The SMILES string of the molecule is C[C@]12C=CC(=O)C=C1CC[C@H]1[C@H]2[C@@H](O)C[C@@]2(C)[C@@H]1C[C@@H](O)[C@]2(O)C(=O)CO. The minimum Gasteiger partial charge on any atom is -0.393 e. The maximum absolute atomic E-state index is 12.4. The monoisotopic (exact) mass is 376 g/mol. The van der Waals surface area contributed by atoms with Crippen LogP contribution in [0.15, 0.2) is 23.8 Å². The Labute approximate surface area is 158 Å². The highest BCUT2D eigenvalue weighted by Gasteiger charge is 2.71. The van der Waals surface area contributed by atoms with Gasteiger partial charge in [0, 0.05) is 16.7 Å². The molecule has 0 bridgehead atoms. The number of allylic oxidation sites excluding steroid dienone is 4. The van der Waals surface area contributed by atoms with Gasteiger partial charge in [0.25, 0.3) is 0 Å². The summed E-state index contributed by atoms with van der Waals surface area (Å²) in [6.07, 6.45) is 4.97. The Bertz CT molecular complexity index is 756. The van der Waals surface area contributed by atoms with Crippen LogP contribution in [0.25, 0.3) is 0 Å². The lowest BCUT2D eigenvalue weighted by molar-refractivity contribution is -0.190. The molecule has 0 unspecified atom stereocenters. The molecule has 4 N–H and O–H groups in total. The molecule has 0 radical (unpaired) electrons. The van der Waals surface area contributed by atoms with Gasteiger partial charge in [0.1, 0.15) is 6.61 Å². The zero-order chi connectivity index (χ0) is 19.8. The largest absolute Gasteiger partial charge is 0.393 e. The molecule has 0 heterocycles. The number of hydrogen-bond acceptors (Lipinski definition) is 6. The number of carbonyl (C=O) groups is 2. The van der Waals surface area contributed by atoms with Gasteiger partial charge in [-0.25, -0.2) is 0 Å². The van der Waals surface area contributed by atoms with E-state index < -0.39 is 41.0 Å². The lowest BCUT2D eigenvalue weighted by atomic mass is 9.46. The first-order valence-corrected chi connectivity index (χ1v) is 9.76. The number of rotatable bonds is 2. The fourth-order valence-corrected chi connectivity index (χ4v) is 6.96. The minimum absolute atomic E-state index is 0.00826. The summed E-state index contributed by atoms with van der Waals surface area (Å²) in [5.74, 6) is -1.09. The molecule has 0 aromatic rings. The Morgan fingerprint density at radius 1 is 1.30 bits per heavy atom. The van der Waals surface area contributed by atoms with Crippen LogP contribution >= 0.6 is 0 Å². The van der Waals surface area contributed by atoms with Crippen molar-refractivity contribution < 1.29 is 30.0 Å². The molecule has 0 spiro atoms. The second-order valence-electron chi connectivity index (χ2n) is 9.31. The van der Waals surface area contributed by atoms with Crippen molar-refractivity contribution in [2.75, 3.05) is 6.61 Å². The van der Waals surface area contributed by atoms with Gasteiger partial charge in [-0.15, -0.1) is 0 Å². The van der Waals surface area contributed by atoms with E-state index in [0.29, 0.717) is 0 Å². The fraction of sp³-hybridized carbons (Fsp3) is 0.714. The molecule has 3 saturated carbocycles. The third-order valence-electron chi connectivity index (χ3n) is 8.28. The van der Waals surface area contributed by atoms with E-state index in [1.807, 2.05) is 13.0 Å². The molecule has 27 heavy (non-hydrogen) atoms. The van der Waals surface area contributed by atoms with Gasteiger partial charge in [-0.1, -0.05) is 25.5 Å². The normalized spacial score (nSPS) is 51.3. The number of Topliss-reactive ketones (excluding diaryl/α,β-unsaturated/α-hetero) is 1. The lowest BCUT2D eigenvalue weighted by Gasteiger charge is -2.59. The highest BCUT2D eigenvalue weighted by Crippen LogP contribution is 2.67. The average molecular weight is 376 g/mol. The average Bonchev–Trinajstić information content (AvgIpc) is 2.82. The molecule has 4 aliphatic rings. The van der Waals surface area contributed by atoms with Crippen LogP contribution < -0.4 is 0 Å². The summed E-state index contributed by atoms with van der Waals surface area (Å²) >= 11 is 0. The van der Waals surface area contributed by atoms with Gasteiger partial charge in [0.15, 0.2) is 17.2 Å². The number of carbonyl (C=O) groups excluding carboxylic acids is 2. The van der Waals surface area contributed by atoms with Gasteiger partial charge in [0.05, 0.1) is 12.2 Å². The van der Waals surface area contributed by atoms with Crippen LogP contribution in [0.4, 0.5) is 0 Å². The summed E-state index contributed by atoms with van der Waals surface area (Å²) in [6, 6.07) is 0. The Morgan fingerprint density at radius 2 is 2.00 bits per heavy atom. The summed E-state index contributed by atoms with van der Waals surface area (Å²) in [5, 5.41) is 42.3. The van der Waals surface area contributed by atoms with Crippen LogP contribution in [0, 0.1) is 28.6 Å². The summed E-state index contributed by atoms with van der Waals surface area (Å²) in [7, 11) is 0. The molecular weight excluding hydrogens is 348 g/mol. The Morgan fingerprint density at radius 3 is 2.67 bits per heavy atom. The van der Waals surface area contributed by atoms with Gasteiger partial charge in [0.2, 0.25) is 0 Å². The first kappa shape index (κ1) is 19.0. The molecule has 148 valence electrons. The van der Waals surface area contributed by atoms with E-state index in [2.05, 4.69) is 0 Å². The lowest BCUT2D eigenvalue weighted by Crippen LogP contribution is -2.63. The van der Waals surface area contributed by atoms with Crippen LogP contribution in [-0.2, 0) is 9.59 Å². The van der Waals surface area contributed by atoms with Crippen molar-refractivity contribution in [3.8, 4) is 0 Å². The van der Waals surface area contributed by atoms with Crippen molar-refractivity contribution in [1.29, 1.82) is 0 Å². The number of aliphatic hydroxyl groups excluding tert-OH is 3. The second-order valence-corrected chi connectivity index (χ2v) is 9.31. The first-order valence-electron chi connectivity index (χ1n) is 9.76. The molecule has 8 atom stereocenters. The minimum atomic E-state index is -2.05. The van der Waals surface area contributed by atoms with E-state index in [1.165, 1.54) is 0 Å². The maximum Gasteiger partial charge on any atom is 0.192 e. The van der Waals surface area contributed by atoms with E-state index in [1.54, 1.807) is 19.1 Å². The first-order chi connectivity index (χ1) is 12.6. The number of aliphatic hydroxyl groups is 4. The van der Waals surface area contributed by atoms with E-state index in [4.69, 9.17) is 0 Å². The fourth-order valence-electron chi connectivity index (χ4n) is 6.96. The van der Waals surface area contributed by atoms with Crippen molar-refractivity contribution in [3.05, 3.63) is 23.8 Å². The third kappa shape index (κ3) is 2.21. The smallest absolute Gasteiger partial charge is 0.192 e. The standard InChI is InChI=1S/C21H28O6/c1-19-6-5-12(23)7-11(19)3-4-13-14-8-16(25)21(27,17(26)10-22)20(14,2)9-15(24)18(13)19/h5-7,13-16,18,22,24-25,27H,3-4,8-10H2,1-2H3/t13-,14-,15+,16-,18+,19+,20+,21+/m1/s1. The van der Waals surface area contributed by atoms with Crippen molar-refractivity contribution >= 4 is 11.6 Å². The summed E-state index contributed by atoms with van der Waals surface area (Å²) < 4.78 is 0. The number of fused-ring (bicyclic) bond motifs is 5. The zero-order valence-corrected chi connectivity index (χ0v) is 15.8. The van der Waals surface area contributed by atoms with E-state index in [0.717, 1.165) is 18.4 Å². The highest BCUT2D eigenvalue weighted by atomic mass is 16.4. The molecule has 0 aromatic carbocycles. The Hall–Kier alpha value is -1.34. The molecule has 0 amide bonds. The predicted octanol–water partition coefficient (Wildman–Crippen LogP) is 0.528. The topological polar surface area (TPSA) is 115 Å². The van der Waals surface area contributed by atoms with Crippen LogP contribution in [0.2, 0.25) is 0 Å². The number of hydrogen-bond donors (Lipinski definition) is 4. The molecule has 4 rings (SSSR count). The van der Waals surface area contributed by atoms with Crippen molar-refractivity contribution in [3.63, 3.8) is 0 Å². The van der Waals surface area contributed by atoms with E-state index in [-0.39, 0.29) is 36.4 Å². The van der Waals surface area contributed by atoms with Gasteiger partial charge < -0.3 is 20.4 Å². The third-order valence-corrected chi connectivity index (χ3v) is 8.28. The molecule has 3 fully saturated rings. The van der Waals surface area contributed by atoms with Gasteiger partial charge in [-0.05, 0) is 49.7 Å². The summed E-state index contributed by atoms with van der Waals surface area (Å²) in [4.78, 5) is 24.2. The van der Waals surface area contributed by atoms with Crippen LogP contribution in [0.5, 0.6) is 0 Å². The van der Waals surface area contributed by atoms with Crippen molar-refractivity contribution in [1.82, 2.24) is 0 Å². The van der Waals surface area contributed by atoms with Crippen molar-refractivity contribution in [2.45, 2.75) is 57.3 Å². The van der Waals surface area contributed by atoms with Gasteiger partial charge >= 0.3 is 0 Å². The molecule has 6 nitrogen and oxygen atoms in total. The Kier molecular flexibility index (Phi) is 4.10. The molecule has 0 aliphatic heterocycles. The zero-order valence-electron chi connectivity index (χ0n) is 15.8. The van der Waals surface area contributed by atoms with Gasteiger partial charge in [-0.3, -0.25) is 9.59 Å². The quantitative estimate of drug-likeness (QED) is 0.559. The molecule has 4 aliphatic carbocycles. The van der Waals surface area contributed by atoms with Crippen molar-refractivity contribution in [2.24, 2.45) is 28.6 Å². The van der Waals surface area contributed by atoms with Gasteiger partial charge in [-0.2, -0.15) is 0 Å². The van der Waals surface area contributed by atoms with E-state index in [9.17, 15) is 30.0 Å². The van der Waals surface area contributed by atoms with Crippen LogP contribution in [0.3, 0.4) is 0 Å². The molecule has 6 heteroatoms. The second kappa shape index (κ2) is 5.83. The highest BCUT2D eigenvalue weighted by molar-refractivity contribution is 6.01. The van der Waals surface area contributed by atoms with E-state index >= 15 is 0 Å². The summed E-state index contributed by atoms with van der Waals surface area (Å²) in [5.41, 5.74) is -2.46. The maximum atomic E-state index is 12.4. The summed E-state index contributed by atoms with van der Waals surface area (Å²) in [6.45, 7) is 2.96. The molecule has 0 aromatic heterocycles. The van der Waals surface area contributed by atoms with Crippen LogP contribution in [0.1, 0.15) is 39.5 Å². The molecular formula is C21H28O6. The predicted molar refractivity (Wildman–Crippen MR) is 96.4 cm³/mol. The van der Waals surface area contributed by atoms with Crippen LogP contribution in [-0.4, -0.2) is 56.4 Å².